The molecule has 1 amide bonds. The highest BCUT2D eigenvalue weighted by Crippen LogP contribution is 2.34. The van der Waals surface area contributed by atoms with Crippen LogP contribution in [0.5, 0.6) is 11.5 Å². The molecule has 0 aliphatic carbocycles. The fraction of sp³-hybridized carbons (Fsp3) is 0.269. The van der Waals surface area contributed by atoms with Crippen molar-refractivity contribution in [3.05, 3.63) is 82.4 Å². The molecular weight excluding hydrogens is 424 g/mol. The van der Waals surface area contributed by atoms with E-state index in [-0.39, 0.29) is 11.8 Å². The monoisotopic (exact) mass is 452 g/mol. The molecule has 0 saturated carbocycles. The zero-order valence-corrected chi connectivity index (χ0v) is 19.6. The van der Waals surface area contributed by atoms with Crippen LogP contribution in [0.1, 0.15) is 30.5 Å². The summed E-state index contributed by atoms with van der Waals surface area (Å²) in [4.78, 5) is 11.8. The van der Waals surface area contributed by atoms with Crippen molar-refractivity contribution < 1.29 is 14.3 Å². The fourth-order valence-electron chi connectivity index (χ4n) is 3.07. The molecule has 3 aromatic rings. The third kappa shape index (κ3) is 6.17. The third-order valence-corrected chi connectivity index (χ3v) is 5.49. The Morgan fingerprint density at radius 2 is 1.66 bits per heavy atom. The van der Waals surface area contributed by atoms with Crippen molar-refractivity contribution in [3.63, 3.8) is 0 Å². The number of benzene rings is 3. The Morgan fingerprint density at radius 1 is 0.969 bits per heavy atom. The summed E-state index contributed by atoms with van der Waals surface area (Å²) in [5.41, 5.74) is 4.87. The molecule has 168 valence electrons. The molecule has 6 heteroatoms. The number of amides is 1. The lowest BCUT2D eigenvalue weighted by molar-refractivity contribution is -0.118. The number of hydrogen-bond acceptors (Lipinski definition) is 4. The number of carbonyl (C=O) groups is 1. The Morgan fingerprint density at radius 3 is 2.31 bits per heavy atom. The first-order valence-electron chi connectivity index (χ1n) is 10.6. The van der Waals surface area contributed by atoms with Gasteiger partial charge in [0.05, 0.1) is 7.11 Å². The highest BCUT2D eigenvalue weighted by molar-refractivity contribution is 6.31. The van der Waals surface area contributed by atoms with E-state index in [0.717, 1.165) is 22.5 Å². The minimum Gasteiger partial charge on any atom is -0.493 e. The van der Waals surface area contributed by atoms with Crippen LogP contribution in [0.3, 0.4) is 0 Å². The number of rotatable bonds is 9. The second-order valence-electron chi connectivity index (χ2n) is 7.88. The van der Waals surface area contributed by atoms with Crippen LogP contribution in [0, 0.1) is 12.8 Å². The number of halogens is 1. The molecule has 2 N–H and O–H groups in total. The lowest BCUT2D eigenvalue weighted by atomic mass is 10.1. The molecule has 0 radical (unpaired) electrons. The van der Waals surface area contributed by atoms with E-state index in [2.05, 4.69) is 23.6 Å². The molecule has 5 nitrogen and oxygen atoms in total. The standard InChI is InChI=1S/C26H29ClN2O3/c1-17(2)26(30)29-22-11-9-21(10-12-22)28-15-20-13-24(31-4)25(14-23(20)27)32-16-19-8-6-5-7-18(19)3/h5-14,17,28H,15-16H2,1-4H3,(H,29,30). The summed E-state index contributed by atoms with van der Waals surface area (Å²) in [7, 11) is 1.62. The minimum atomic E-state index is -0.0615. The number of anilines is 2. The smallest absolute Gasteiger partial charge is 0.226 e. The zero-order chi connectivity index (χ0) is 23.1. The van der Waals surface area contributed by atoms with E-state index in [1.54, 1.807) is 13.2 Å². The summed E-state index contributed by atoms with van der Waals surface area (Å²) in [6.07, 6.45) is 0. The van der Waals surface area contributed by atoms with Crippen LogP contribution < -0.4 is 20.1 Å². The van der Waals surface area contributed by atoms with Gasteiger partial charge in [0.15, 0.2) is 11.5 Å². The van der Waals surface area contributed by atoms with Crippen LogP contribution in [-0.2, 0) is 17.9 Å². The second-order valence-corrected chi connectivity index (χ2v) is 8.29. The van der Waals surface area contributed by atoms with Gasteiger partial charge in [-0.2, -0.15) is 0 Å². The summed E-state index contributed by atoms with van der Waals surface area (Å²) in [5, 5.41) is 6.83. The number of ether oxygens (including phenoxy) is 2. The Balaban J connectivity index is 1.64. The van der Waals surface area contributed by atoms with E-state index >= 15 is 0 Å². The molecule has 0 aliphatic heterocycles. The predicted molar refractivity (Wildman–Crippen MR) is 131 cm³/mol. The van der Waals surface area contributed by atoms with Gasteiger partial charge in [-0.1, -0.05) is 49.7 Å². The Kier molecular flexibility index (Phi) is 8.01. The van der Waals surface area contributed by atoms with E-state index in [1.807, 2.05) is 62.4 Å². The highest BCUT2D eigenvalue weighted by Gasteiger charge is 2.12. The molecule has 32 heavy (non-hydrogen) atoms. The molecule has 3 rings (SSSR count). The quantitative estimate of drug-likeness (QED) is 0.392. The van der Waals surface area contributed by atoms with E-state index in [9.17, 15) is 4.79 Å². The summed E-state index contributed by atoms with van der Waals surface area (Å²) in [5.74, 6) is 1.17. The van der Waals surface area contributed by atoms with Crippen LogP contribution in [0.4, 0.5) is 11.4 Å². The van der Waals surface area contributed by atoms with Crippen LogP contribution in [0.2, 0.25) is 5.02 Å². The lowest BCUT2D eigenvalue weighted by Crippen LogP contribution is -2.17. The maximum atomic E-state index is 11.8. The average molecular weight is 453 g/mol. The Hall–Kier alpha value is -3.18. The van der Waals surface area contributed by atoms with Gasteiger partial charge in [-0.15, -0.1) is 0 Å². The van der Waals surface area contributed by atoms with Crippen LogP contribution in [0.25, 0.3) is 0 Å². The normalized spacial score (nSPS) is 10.7. The van der Waals surface area contributed by atoms with Gasteiger partial charge in [-0.3, -0.25) is 4.79 Å². The van der Waals surface area contributed by atoms with Crippen LogP contribution in [-0.4, -0.2) is 13.0 Å². The van der Waals surface area contributed by atoms with Crippen molar-refractivity contribution in [1.82, 2.24) is 0 Å². The van der Waals surface area contributed by atoms with Gasteiger partial charge in [-0.25, -0.2) is 0 Å². The number of aryl methyl sites for hydroxylation is 1. The largest absolute Gasteiger partial charge is 0.493 e. The van der Waals surface area contributed by atoms with Gasteiger partial charge in [0.2, 0.25) is 5.91 Å². The average Bonchev–Trinajstić information content (AvgIpc) is 2.78. The van der Waals surface area contributed by atoms with Crippen molar-refractivity contribution in [2.24, 2.45) is 5.92 Å². The highest BCUT2D eigenvalue weighted by atomic mass is 35.5. The van der Waals surface area contributed by atoms with E-state index < -0.39 is 0 Å². The van der Waals surface area contributed by atoms with Crippen LogP contribution >= 0.6 is 11.6 Å². The van der Waals surface area contributed by atoms with Gasteiger partial charge in [0, 0.05) is 34.9 Å². The van der Waals surface area contributed by atoms with E-state index in [4.69, 9.17) is 21.1 Å². The van der Waals surface area contributed by atoms with Crippen molar-refractivity contribution in [2.75, 3.05) is 17.7 Å². The van der Waals surface area contributed by atoms with Crippen molar-refractivity contribution in [3.8, 4) is 11.5 Å². The summed E-state index contributed by atoms with van der Waals surface area (Å²) < 4.78 is 11.5. The number of hydrogen-bond donors (Lipinski definition) is 2. The van der Waals surface area contributed by atoms with Gasteiger partial charge < -0.3 is 20.1 Å². The molecule has 0 saturated heterocycles. The molecule has 0 fully saturated rings. The SMILES string of the molecule is COc1cc(CNc2ccc(NC(=O)C(C)C)cc2)c(Cl)cc1OCc1ccccc1C. The molecular formula is C26H29ClN2O3. The summed E-state index contributed by atoms with van der Waals surface area (Å²) >= 11 is 6.53. The lowest BCUT2D eigenvalue weighted by Gasteiger charge is -2.15. The van der Waals surface area contributed by atoms with Gasteiger partial charge in [0.1, 0.15) is 6.61 Å². The first kappa shape index (κ1) is 23.5. The molecule has 0 aromatic heterocycles. The molecule has 3 aromatic carbocycles. The third-order valence-electron chi connectivity index (χ3n) is 5.14. The molecule has 0 bridgehead atoms. The Bertz CT molecular complexity index is 1070. The summed E-state index contributed by atoms with van der Waals surface area (Å²) in [6, 6.07) is 19.4. The number of nitrogens with one attached hydrogen (secondary N) is 2. The van der Waals surface area contributed by atoms with Crippen molar-refractivity contribution >= 4 is 28.9 Å². The van der Waals surface area contributed by atoms with E-state index in [1.165, 1.54) is 5.56 Å². The molecule has 0 spiro atoms. The molecule has 0 heterocycles. The van der Waals surface area contributed by atoms with E-state index in [0.29, 0.717) is 29.7 Å². The molecule has 0 unspecified atom stereocenters. The Labute approximate surface area is 194 Å². The van der Waals surface area contributed by atoms with Crippen LogP contribution in [0.15, 0.2) is 60.7 Å². The molecule has 0 aliphatic rings. The number of carbonyl (C=O) groups excluding carboxylic acids is 1. The van der Waals surface area contributed by atoms with Gasteiger partial charge >= 0.3 is 0 Å². The first-order chi connectivity index (χ1) is 15.4. The van der Waals surface area contributed by atoms with Gasteiger partial charge in [0.25, 0.3) is 0 Å². The predicted octanol–water partition coefficient (Wildman–Crippen LogP) is 6.44. The van der Waals surface area contributed by atoms with Crippen molar-refractivity contribution in [1.29, 1.82) is 0 Å². The maximum absolute atomic E-state index is 11.8. The second kappa shape index (κ2) is 10.9. The van der Waals surface area contributed by atoms with Crippen molar-refractivity contribution in [2.45, 2.75) is 33.9 Å². The fourth-order valence-corrected chi connectivity index (χ4v) is 3.29. The maximum Gasteiger partial charge on any atom is 0.226 e. The first-order valence-corrected chi connectivity index (χ1v) is 10.9. The van der Waals surface area contributed by atoms with Gasteiger partial charge in [-0.05, 0) is 53.9 Å². The minimum absolute atomic E-state index is 0.00526. The zero-order valence-electron chi connectivity index (χ0n) is 18.9. The topological polar surface area (TPSA) is 59.6 Å². The number of methoxy groups -OCH3 is 1. The molecule has 0 atom stereocenters. The summed E-state index contributed by atoms with van der Waals surface area (Å²) in [6.45, 7) is 6.74.